The maximum Gasteiger partial charge on any atom is 0.254 e. The molecule has 3 rings (SSSR count). The van der Waals surface area contributed by atoms with E-state index in [-0.39, 0.29) is 12.1 Å². The molecule has 0 saturated carbocycles. The van der Waals surface area contributed by atoms with Gasteiger partial charge in [0.2, 0.25) is 5.95 Å². The Hall–Kier alpha value is -2.70. The molecule has 2 aromatic heterocycles. The number of carbonyl (C=O) groups excluding carboxylic acids is 1. The Kier molecular flexibility index (Phi) is 4.59. The molecule has 1 unspecified atom stereocenters. The van der Waals surface area contributed by atoms with E-state index in [2.05, 4.69) is 31.7 Å². The summed E-state index contributed by atoms with van der Waals surface area (Å²) in [6.07, 6.45) is 8.12. The Balaban J connectivity index is 1.77. The molecule has 7 nitrogen and oxygen atoms in total. The van der Waals surface area contributed by atoms with Crippen LogP contribution in [0.3, 0.4) is 0 Å². The second kappa shape index (κ2) is 6.82. The SMILES string of the molecule is CC(C)Nc1nc(NC2CCc3cnccc3C2)ncc1C(N)=O. The van der Waals surface area contributed by atoms with Crippen LogP contribution in [-0.4, -0.2) is 32.9 Å². The van der Waals surface area contributed by atoms with Crippen LogP contribution in [0, 0.1) is 0 Å². The first kappa shape index (κ1) is 16.2. The van der Waals surface area contributed by atoms with E-state index in [1.54, 1.807) is 0 Å². The van der Waals surface area contributed by atoms with Gasteiger partial charge in [-0.1, -0.05) is 0 Å². The van der Waals surface area contributed by atoms with Gasteiger partial charge >= 0.3 is 0 Å². The summed E-state index contributed by atoms with van der Waals surface area (Å²) in [4.78, 5) is 24.4. The van der Waals surface area contributed by atoms with Gasteiger partial charge in [-0.05, 0) is 50.3 Å². The van der Waals surface area contributed by atoms with Crippen LogP contribution in [0.5, 0.6) is 0 Å². The Morgan fingerprint density at radius 3 is 2.92 bits per heavy atom. The van der Waals surface area contributed by atoms with Crippen molar-refractivity contribution in [1.29, 1.82) is 0 Å². The second-order valence-electron chi connectivity index (χ2n) is 6.35. The lowest BCUT2D eigenvalue weighted by Crippen LogP contribution is -2.29. The largest absolute Gasteiger partial charge is 0.367 e. The number of hydrogen-bond donors (Lipinski definition) is 3. The number of aryl methyl sites for hydroxylation is 1. The maximum absolute atomic E-state index is 11.5. The van der Waals surface area contributed by atoms with Crippen molar-refractivity contribution in [3.63, 3.8) is 0 Å². The molecule has 1 amide bonds. The summed E-state index contributed by atoms with van der Waals surface area (Å²) in [5.41, 5.74) is 8.31. The quantitative estimate of drug-likeness (QED) is 0.773. The molecule has 126 valence electrons. The third kappa shape index (κ3) is 3.61. The summed E-state index contributed by atoms with van der Waals surface area (Å²) in [6.45, 7) is 3.96. The Bertz CT molecular complexity index is 746. The van der Waals surface area contributed by atoms with Gasteiger partial charge in [0.05, 0.1) is 5.56 Å². The van der Waals surface area contributed by atoms with Gasteiger partial charge in [-0.2, -0.15) is 4.98 Å². The number of primary amides is 1. The van der Waals surface area contributed by atoms with Gasteiger partial charge in [-0.15, -0.1) is 0 Å². The molecule has 24 heavy (non-hydrogen) atoms. The summed E-state index contributed by atoms with van der Waals surface area (Å²) >= 11 is 0. The number of fused-ring (bicyclic) bond motifs is 1. The van der Waals surface area contributed by atoms with E-state index in [4.69, 9.17) is 5.73 Å². The van der Waals surface area contributed by atoms with Crippen molar-refractivity contribution in [2.24, 2.45) is 5.73 Å². The van der Waals surface area contributed by atoms with E-state index >= 15 is 0 Å². The molecular weight excluding hydrogens is 304 g/mol. The Labute approximate surface area is 141 Å². The number of rotatable bonds is 5. The van der Waals surface area contributed by atoms with E-state index < -0.39 is 5.91 Å². The van der Waals surface area contributed by atoms with Crippen LogP contribution in [-0.2, 0) is 12.8 Å². The van der Waals surface area contributed by atoms with Crippen molar-refractivity contribution < 1.29 is 4.79 Å². The summed E-state index contributed by atoms with van der Waals surface area (Å²) < 4.78 is 0. The first-order valence-corrected chi connectivity index (χ1v) is 8.14. The molecule has 1 aliphatic carbocycles. The van der Waals surface area contributed by atoms with Crippen LogP contribution >= 0.6 is 0 Å². The molecule has 0 radical (unpaired) electrons. The standard InChI is InChI=1S/C17H22N6O/c1-10(2)21-16-14(15(18)24)9-20-17(23-16)22-13-4-3-12-8-19-6-5-11(12)7-13/h5-6,8-10,13H,3-4,7H2,1-2H3,(H2,18,24)(H2,20,21,22,23). The molecule has 7 heteroatoms. The first-order valence-electron chi connectivity index (χ1n) is 8.14. The van der Waals surface area contributed by atoms with Crippen molar-refractivity contribution >= 4 is 17.7 Å². The number of nitrogens with zero attached hydrogens (tertiary/aromatic N) is 3. The van der Waals surface area contributed by atoms with E-state index in [0.717, 1.165) is 19.3 Å². The normalized spacial score (nSPS) is 16.5. The van der Waals surface area contributed by atoms with Crippen molar-refractivity contribution in [3.05, 3.63) is 41.3 Å². The molecule has 0 bridgehead atoms. The van der Waals surface area contributed by atoms with Gasteiger partial charge < -0.3 is 16.4 Å². The van der Waals surface area contributed by atoms with E-state index in [9.17, 15) is 4.79 Å². The molecule has 0 fully saturated rings. The van der Waals surface area contributed by atoms with Crippen LogP contribution in [0.1, 0.15) is 41.8 Å². The lowest BCUT2D eigenvalue weighted by atomic mass is 9.90. The minimum absolute atomic E-state index is 0.139. The lowest BCUT2D eigenvalue weighted by molar-refractivity contribution is 0.100. The van der Waals surface area contributed by atoms with Gasteiger partial charge in [-0.25, -0.2) is 4.98 Å². The minimum Gasteiger partial charge on any atom is -0.367 e. The van der Waals surface area contributed by atoms with Crippen LogP contribution in [0.2, 0.25) is 0 Å². The second-order valence-corrected chi connectivity index (χ2v) is 6.35. The topological polar surface area (TPSA) is 106 Å². The molecule has 0 saturated heterocycles. The maximum atomic E-state index is 11.5. The molecule has 0 spiro atoms. The minimum atomic E-state index is -0.538. The van der Waals surface area contributed by atoms with Gasteiger partial charge in [0.15, 0.2) is 0 Å². The van der Waals surface area contributed by atoms with Gasteiger partial charge in [0, 0.05) is 30.7 Å². The number of nitrogens with two attached hydrogens (primary N) is 1. The summed E-state index contributed by atoms with van der Waals surface area (Å²) in [5.74, 6) is 0.435. The average Bonchev–Trinajstić information content (AvgIpc) is 2.54. The number of aromatic nitrogens is 3. The van der Waals surface area contributed by atoms with Crippen molar-refractivity contribution in [2.45, 2.75) is 45.2 Å². The first-order chi connectivity index (χ1) is 11.5. The summed E-state index contributed by atoms with van der Waals surface area (Å²) in [5, 5.41) is 6.51. The van der Waals surface area contributed by atoms with Gasteiger partial charge in [-0.3, -0.25) is 9.78 Å². The molecule has 1 aliphatic rings. The average molecular weight is 326 g/mol. The lowest BCUT2D eigenvalue weighted by Gasteiger charge is -2.25. The Morgan fingerprint density at radius 2 is 2.17 bits per heavy atom. The molecule has 0 aliphatic heterocycles. The number of anilines is 2. The zero-order chi connectivity index (χ0) is 17.1. The highest BCUT2D eigenvalue weighted by Gasteiger charge is 2.20. The third-order valence-electron chi connectivity index (χ3n) is 4.05. The predicted octanol–water partition coefficient (Wildman–Crippen LogP) is 1.76. The predicted molar refractivity (Wildman–Crippen MR) is 93.0 cm³/mol. The fraction of sp³-hybridized carbons (Fsp3) is 0.412. The Morgan fingerprint density at radius 1 is 1.33 bits per heavy atom. The van der Waals surface area contributed by atoms with Crippen LogP contribution in [0.25, 0.3) is 0 Å². The van der Waals surface area contributed by atoms with E-state index in [1.807, 2.05) is 26.2 Å². The third-order valence-corrected chi connectivity index (χ3v) is 4.05. The zero-order valence-corrected chi connectivity index (χ0v) is 13.9. The van der Waals surface area contributed by atoms with E-state index in [0.29, 0.717) is 17.3 Å². The fourth-order valence-electron chi connectivity index (χ4n) is 2.90. The summed E-state index contributed by atoms with van der Waals surface area (Å²) in [6, 6.07) is 2.46. The van der Waals surface area contributed by atoms with Crippen LogP contribution in [0.15, 0.2) is 24.7 Å². The number of carbonyl (C=O) groups is 1. The smallest absolute Gasteiger partial charge is 0.254 e. The molecule has 1 atom stereocenters. The summed E-state index contributed by atoms with van der Waals surface area (Å²) in [7, 11) is 0. The van der Waals surface area contributed by atoms with E-state index in [1.165, 1.54) is 17.3 Å². The number of hydrogen-bond acceptors (Lipinski definition) is 6. The van der Waals surface area contributed by atoms with Gasteiger partial charge in [0.1, 0.15) is 5.82 Å². The highest BCUT2D eigenvalue weighted by atomic mass is 16.1. The van der Waals surface area contributed by atoms with Crippen molar-refractivity contribution in [3.8, 4) is 0 Å². The monoisotopic (exact) mass is 326 g/mol. The number of nitrogens with one attached hydrogen (secondary N) is 2. The number of amides is 1. The molecule has 2 aromatic rings. The number of pyridine rings is 1. The molecule has 0 aromatic carbocycles. The van der Waals surface area contributed by atoms with Crippen LogP contribution < -0.4 is 16.4 Å². The van der Waals surface area contributed by atoms with Crippen molar-refractivity contribution in [2.75, 3.05) is 10.6 Å². The van der Waals surface area contributed by atoms with Crippen molar-refractivity contribution in [1.82, 2.24) is 15.0 Å². The highest BCUT2D eigenvalue weighted by Crippen LogP contribution is 2.23. The fourth-order valence-corrected chi connectivity index (χ4v) is 2.90. The molecule has 2 heterocycles. The molecule has 4 N–H and O–H groups in total. The zero-order valence-electron chi connectivity index (χ0n) is 13.9. The molecular formula is C17H22N6O. The highest BCUT2D eigenvalue weighted by molar-refractivity contribution is 5.97. The van der Waals surface area contributed by atoms with Gasteiger partial charge in [0.25, 0.3) is 5.91 Å². The van der Waals surface area contributed by atoms with Crippen LogP contribution in [0.4, 0.5) is 11.8 Å².